The molecule has 2 unspecified atom stereocenters. The second kappa shape index (κ2) is 10.1. The lowest BCUT2D eigenvalue weighted by Gasteiger charge is -2.16. The number of phenols is 1. The SMILES string of the molecule is Cc1ccc(COc2ccccc2C2CC(C(=O)N/N=C/c3cccc(O)c3)NN2)cc1. The van der Waals surface area contributed by atoms with Crippen LogP contribution in [0.2, 0.25) is 0 Å². The average Bonchev–Trinajstić information content (AvgIpc) is 3.29. The van der Waals surface area contributed by atoms with Crippen LogP contribution in [-0.2, 0) is 11.4 Å². The second-order valence-corrected chi connectivity index (χ2v) is 7.77. The van der Waals surface area contributed by atoms with Crippen molar-refractivity contribution in [2.75, 3.05) is 0 Å². The van der Waals surface area contributed by atoms with Gasteiger partial charge in [-0.05, 0) is 42.7 Å². The number of hydrazone groups is 1. The van der Waals surface area contributed by atoms with Gasteiger partial charge in [0, 0.05) is 5.56 Å². The van der Waals surface area contributed by atoms with Crippen molar-refractivity contribution < 1.29 is 14.6 Å². The summed E-state index contributed by atoms with van der Waals surface area (Å²) >= 11 is 0. The number of nitrogens with one attached hydrogen (secondary N) is 3. The molecule has 4 rings (SSSR count). The molecule has 3 aromatic carbocycles. The number of nitrogens with zero attached hydrogens (tertiary/aromatic N) is 1. The zero-order chi connectivity index (χ0) is 22.3. The zero-order valence-electron chi connectivity index (χ0n) is 17.8. The Morgan fingerprint density at radius 2 is 1.94 bits per heavy atom. The zero-order valence-corrected chi connectivity index (χ0v) is 17.8. The van der Waals surface area contributed by atoms with Crippen molar-refractivity contribution in [1.29, 1.82) is 0 Å². The number of aromatic hydroxyl groups is 1. The third-order valence-corrected chi connectivity index (χ3v) is 5.29. The van der Waals surface area contributed by atoms with Crippen molar-refractivity contribution in [3.63, 3.8) is 0 Å². The van der Waals surface area contributed by atoms with E-state index in [2.05, 4.69) is 52.6 Å². The first-order valence-electron chi connectivity index (χ1n) is 10.5. The van der Waals surface area contributed by atoms with Gasteiger partial charge in [0.05, 0.1) is 12.3 Å². The number of ether oxygens (including phenoxy) is 1. The van der Waals surface area contributed by atoms with E-state index in [1.54, 1.807) is 24.3 Å². The molecule has 1 saturated heterocycles. The molecule has 0 spiro atoms. The minimum absolute atomic E-state index is 0.0741. The van der Waals surface area contributed by atoms with Gasteiger partial charge in [-0.2, -0.15) is 5.10 Å². The van der Waals surface area contributed by atoms with E-state index in [0.717, 1.165) is 16.9 Å². The van der Waals surface area contributed by atoms with Crippen LogP contribution in [0.15, 0.2) is 77.9 Å². The van der Waals surface area contributed by atoms with Crippen molar-refractivity contribution in [3.05, 3.63) is 95.1 Å². The summed E-state index contributed by atoms with van der Waals surface area (Å²) in [6.07, 6.45) is 2.05. The summed E-state index contributed by atoms with van der Waals surface area (Å²) in [6, 6.07) is 22.2. The van der Waals surface area contributed by atoms with Gasteiger partial charge < -0.3 is 9.84 Å². The number of phenolic OH excluding ortho intramolecular Hbond substituents is 1. The van der Waals surface area contributed by atoms with E-state index >= 15 is 0 Å². The van der Waals surface area contributed by atoms with Crippen LogP contribution in [0.5, 0.6) is 11.5 Å². The molecular weight excluding hydrogens is 404 g/mol. The molecule has 1 amide bonds. The molecule has 1 heterocycles. The molecule has 4 N–H and O–H groups in total. The van der Waals surface area contributed by atoms with E-state index in [4.69, 9.17) is 4.74 Å². The van der Waals surface area contributed by atoms with Gasteiger partial charge in [-0.3, -0.25) is 4.79 Å². The highest BCUT2D eigenvalue weighted by atomic mass is 16.5. The Bertz CT molecular complexity index is 1100. The molecule has 0 bridgehead atoms. The first-order chi connectivity index (χ1) is 15.6. The molecule has 0 aliphatic carbocycles. The maximum Gasteiger partial charge on any atom is 0.258 e. The molecule has 0 radical (unpaired) electrons. The molecule has 7 nitrogen and oxygen atoms in total. The predicted octanol–water partition coefficient (Wildman–Crippen LogP) is 3.34. The number of carbonyl (C=O) groups excluding carboxylic acids is 1. The van der Waals surface area contributed by atoms with Gasteiger partial charge in [-0.15, -0.1) is 0 Å². The Balaban J connectivity index is 1.34. The van der Waals surface area contributed by atoms with Crippen LogP contribution in [0.1, 0.15) is 34.7 Å². The molecule has 1 fully saturated rings. The number of hydrazine groups is 1. The molecule has 0 aromatic heterocycles. The highest BCUT2D eigenvalue weighted by Gasteiger charge is 2.31. The summed E-state index contributed by atoms with van der Waals surface area (Å²) < 4.78 is 6.08. The standard InChI is InChI=1S/C25H26N4O3/c1-17-9-11-18(12-10-17)16-32-24-8-3-2-7-21(24)22-14-23(28-27-22)25(31)29-26-15-19-5-4-6-20(30)13-19/h2-13,15,22-23,27-28,30H,14,16H2,1H3,(H,29,31)/b26-15+. The van der Waals surface area contributed by atoms with E-state index in [1.807, 2.05) is 24.3 Å². The average molecular weight is 431 g/mol. The second-order valence-electron chi connectivity index (χ2n) is 7.77. The molecule has 0 saturated carbocycles. The number of hydrogen-bond acceptors (Lipinski definition) is 6. The van der Waals surface area contributed by atoms with Crippen molar-refractivity contribution in [2.45, 2.75) is 32.0 Å². The molecule has 164 valence electrons. The number of rotatable bonds is 7. The van der Waals surface area contributed by atoms with E-state index in [9.17, 15) is 9.90 Å². The third-order valence-electron chi connectivity index (χ3n) is 5.29. The van der Waals surface area contributed by atoms with Crippen LogP contribution >= 0.6 is 0 Å². The van der Waals surface area contributed by atoms with Crippen LogP contribution < -0.4 is 21.0 Å². The van der Waals surface area contributed by atoms with Crippen molar-refractivity contribution >= 4 is 12.1 Å². The lowest BCUT2D eigenvalue weighted by Crippen LogP contribution is -2.41. The van der Waals surface area contributed by atoms with Gasteiger partial charge in [0.1, 0.15) is 24.1 Å². The number of aryl methyl sites for hydroxylation is 1. The van der Waals surface area contributed by atoms with Gasteiger partial charge in [0.25, 0.3) is 5.91 Å². The Morgan fingerprint density at radius 1 is 1.12 bits per heavy atom. The fourth-order valence-corrected chi connectivity index (χ4v) is 3.53. The topological polar surface area (TPSA) is 95.0 Å². The van der Waals surface area contributed by atoms with Crippen molar-refractivity contribution in [2.24, 2.45) is 5.10 Å². The Kier molecular flexibility index (Phi) is 6.79. The van der Waals surface area contributed by atoms with Crippen molar-refractivity contribution in [1.82, 2.24) is 16.3 Å². The van der Waals surface area contributed by atoms with E-state index in [-0.39, 0.29) is 17.7 Å². The quantitative estimate of drug-likeness (QED) is 0.341. The molecule has 3 aromatic rings. The number of para-hydroxylation sites is 1. The fourth-order valence-electron chi connectivity index (χ4n) is 3.53. The molecule has 7 heteroatoms. The summed E-state index contributed by atoms with van der Waals surface area (Å²) in [4.78, 5) is 12.5. The first kappa shape index (κ1) is 21.5. The lowest BCUT2D eigenvalue weighted by atomic mass is 10.0. The van der Waals surface area contributed by atoms with Crippen LogP contribution in [0.25, 0.3) is 0 Å². The van der Waals surface area contributed by atoms with Gasteiger partial charge in [-0.25, -0.2) is 16.3 Å². The maximum absolute atomic E-state index is 12.5. The monoisotopic (exact) mass is 430 g/mol. The van der Waals surface area contributed by atoms with Gasteiger partial charge in [-0.1, -0.05) is 60.2 Å². The van der Waals surface area contributed by atoms with Gasteiger partial charge in [0.15, 0.2) is 0 Å². The maximum atomic E-state index is 12.5. The molecular formula is C25H26N4O3. The van der Waals surface area contributed by atoms with Gasteiger partial charge in [0.2, 0.25) is 0 Å². The summed E-state index contributed by atoms with van der Waals surface area (Å²) in [7, 11) is 0. The van der Waals surface area contributed by atoms with Crippen LogP contribution in [0.3, 0.4) is 0 Å². The summed E-state index contributed by atoms with van der Waals surface area (Å²) in [6.45, 7) is 2.54. The Hall–Kier alpha value is -3.68. The minimum atomic E-state index is -0.438. The number of amides is 1. The normalized spacial score (nSPS) is 18.0. The molecule has 32 heavy (non-hydrogen) atoms. The molecule has 2 atom stereocenters. The molecule has 1 aliphatic rings. The lowest BCUT2D eigenvalue weighted by molar-refractivity contribution is -0.122. The van der Waals surface area contributed by atoms with Crippen molar-refractivity contribution in [3.8, 4) is 11.5 Å². The summed E-state index contributed by atoms with van der Waals surface area (Å²) in [5.74, 6) is 0.692. The van der Waals surface area contributed by atoms with Gasteiger partial charge >= 0.3 is 0 Å². The molecule has 1 aliphatic heterocycles. The minimum Gasteiger partial charge on any atom is -0.508 e. The fraction of sp³-hybridized carbons (Fsp3) is 0.200. The Morgan fingerprint density at radius 3 is 2.75 bits per heavy atom. The number of hydrogen-bond donors (Lipinski definition) is 4. The predicted molar refractivity (Wildman–Crippen MR) is 123 cm³/mol. The van der Waals surface area contributed by atoms with Crippen LogP contribution in [-0.4, -0.2) is 23.3 Å². The highest BCUT2D eigenvalue weighted by molar-refractivity contribution is 5.85. The third kappa shape index (κ3) is 5.51. The van der Waals surface area contributed by atoms with E-state index in [0.29, 0.717) is 18.6 Å². The van der Waals surface area contributed by atoms with E-state index in [1.165, 1.54) is 11.8 Å². The Labute approximate surface area is 187 Å². The van der Waals surface area contributed by atoms with Crippen LogP contribution in [0, 0.1) is 6.92 Å². The largest absolute Gasteiger partial charge is 0.508 e. The number of benzene rings is 3. The van der Waals surface area contributed by atoms with Crippen LogP contribution in [0.4, 0.5) is 0 Å². The first-order valence-corrected chi connectivity index (χ1v) is 10.5. The number of carbonyl (C=O) groups is 1. The van der Waals surface area contributed by atoms with E-state index < -0.39 is 6.04 Å². The highest BCUT2D eigenvalue weighted by Crippen LogP contribution is 2.30. The summed E-state index contributed by atoms with van der Waals surface area (Å²) in [5, 5.41) is 13.5. The summed E-state index contributed by atoms with van der Waals surface area (Å²) in [5.41, 5.74) is 12.8. The smallest absolute Gasteiger partial charge is 0.258 e.